The lowest BCUT2D eigenvalue weighted by molar-refractivity contribution is 0.0697. The zero-order valence-electron chi connectivity index (χ0n) is 16.8. The van der Waals surface area contributed by atoms with E-state index in [2.05, 4.69) is 6.07 Å². The van der Waals surface area contributed by atoms with Crippen molar-refractivity contribution in [2.75, 3.05) is 0 Å². The maximum atomic E-state index is 13.5. The molecule has 156 valence electrons. The molecule has 1 aliphatic rings. The highest BCUT2D eigenvalue weighted by Gasteiger charge is 2.37. The quantitative estimate of drug-likeness (QED) is 0.661. The fraction of sp³-hybridized carbons (Fsp3) is 0.174. The molecule has 2 heterocycles. The van der Waals surface area contributed by atoms with E-state index < -0.39 is 11.9 Å². The maximum Gasteiger partial charge on any atom is 0.335 e. The van der Waals surface area contributed by atoms with Gasteiger partial charge in [-0.3, -0.25) is 0 Å². The van der Waals surface area contributed by atoms with Gasteiger partial charge in [0.05, 0.1) is 28.4 Å². The van der Waals surface area contributed by atoms with Crippen molar-refractivity contribution in [2.24, 2.45) is 5.73 Å². The number of nitrogens with two attached hydrogens (primary N) is 1. The van der Waals surface area contributed by atoms with Crippen molar-refractivity contribution in [3.05, 3.63) is 88.2 Å². The number of carboxylic acids is 1. The Kier molecular flexibility index (Phi) is 4.95. The first-order valence-corrected chi connectivity index (χ1v) is 9.61. The monoisotopic (exact) mass is 418 g/mol. The molecule has 1 aliphatic heterocycles. The third-order valence-corrected chi connectivity index (χ3v) is 5.19. The van der Waals surface area contributed by atoms with Crippen LogP contribution in [0.4, 0.5) is 4.39 Å². The zero-order chi connectivity index (χ0) is 22.3. The van der Waals surface area contributed by atoms with Crippen molar-refractivity contribution in [3.63, 3.8) is 0 Å². The van der Waals surface area contributed by atoms with E-state index in [-0.39, 0.29) is 28.8 Å². The fourth-order valence-electron chi connectivity index (χ4n) is 3.70. The Hall–Kier alpha value is -4.12. The minimum atomic E-state index is -1.03. The second kappa shape index (κ2) is 7.61. The van der Waals surface area contributed by atoms with Crippen molar-refractivity contribution in [2.45, 2.75) is 25.7 Å². The molecule has 8 heteroatoms. The van der Waals surface area contributed by atoms with Crippen LogP contribution in [0.1, 0.15) is 52.9 Å². The number of carbonyl (C=O) groups is 1. The van der Waals surface area contributed by atoms with Gasteiger partial charge in [0, 0.05) is 0 Å². The van der Waals surface area contributed by atoms with Gasteiger partial charge in [-0.2, -0.15) is 10.4 Å². The molecule has 0 saturated carbocycles. The Labute approximate surface area is 177 Å². The predicted octanol–water partition coefficient (Wildman–Crippen LogP) is 4.05. The van der Waals surface area contributed by atoms with Crippen LogP contribution in [0.15, 0.2) is 60.0 Å². The Morgan fingerprint density at radius 1 is 1.23 bits per heavy atom. The standard InChI is InChI=1S/C23H19FN4O3/c1-12(2)20-19-18(13-3-7-15(24)8-4-13)17(11-25)21(26)31-22(19)28(27-20)16-9-5-14(6-10-16)23(29)30/h3-10,12,18H,26H2,1-2H3,(H,29,30). The van der Waals surface area contributed by atoms with Crippen molar-refractivity contribution in [1.82, 2.24) is 9.78 Å². The van der Waals surface area contributed by atoms with Crippen LogP contribution in [0.3, 0.4) is 0 Å². The first-order chi connectivity index (χ1) is 14.8. The smallest absolute Gasteiger partial charge is 0.335 e. The van der Waals surface area contributed by atoms with E-state index in [4.69, 9.17) is 20.7 Å². The summed E-state index contributed by atoms with van der Waals surface area (Å²) in [5.74, 6) is -1.71. The second-order valence-electron chi connectivity index (χ2n) is 7.50. The van der Waals surface area contributed by atoms with Crippen LogP contribution >= 0.6 is 0 Å². The normalized spacial score (nSPS) is 15.4. The fourth-order valence-corrected chi connectivity index (χ4v) is 3.70. The van der Waals surface area contributed by atoms with E-state index in [1.165, 1.54) is 24.3 Å². The number of allylic oxidation sites excluding steroid dienone is 1. The number of hydrogen-bond donors (Lipinski definition) is 2. The van der Waals surface area contributed by atoms with Crippen LogP contribution in [0.25, 0.3) is 5.69 Å². The number of ether oxygens (including phenoxy) is 1. The van der Waals surface area contributed by atoms with Crippen LogP contribution in [0.5, 0.6) is 5.88 Å². The largest absolute Gasteiger partial charge is 0.478 e. The zero-order valence-corrected chi connectivity index (χ0v) is 16.8. The van der Waals surface area contributed by atoms with E-state index >= 15 is 0 Å². The van der Waals surface area contributed by atoms with Gasteiger partial charge < -0.3 is 15.6 Å². The molecule has 0 amide bonds. The molecule has 7 nitrogen and oxygen atoms in total. The molecule has 3 aromatic rings. The lowest BCUT2D eigenvalue weighted by Gasteiger charge is -2.25. The second-order valence-corrected chi connectivity index (χ2v) is 7.50. The number of carboxylic acid groups (broad SMARTS) is 1. The van der Waals surface area contributed by atoms with Crippen LogP contribution < -0.4 is 10.5 Å². The number of nitrogens with zero attached hydrogens (tertiary/aromatic N) is 3. The van der Waals surface area contributed by atoms with Crippen LogP contribution in [0, 0.1) is 17.1 Å². The summed E-state index contributed by atoms with van der Waals surface area (Å²) in [5.41, 5.74) is 9.11. The maximum absolute atomic E-state index is 13.5. The number of fused-ring (bicyclic) bond motifs is 1. The van der Waals surface area contributed by atoms with Crippen LogP contribution in [-0.4, -0.2) is 20.9 Å². The minimum absolute atomic E-state index is 0.0147. The SMILES string of the molecule is CC(C)c1nn(-c2ccc(C(=O)O)cc2)c2c1C(c1ccc(F)cc1)C(C#N)=C(N)O2. The van der Waals surface area contributed by atoms with Gasteiger partial charge in [0.1, 0.15) is 17.5 Å². The number of aromatic nitrogens is 2. The van der Waals surface area contributed by atoms with Gasteiger partial charge in [0.25, 0.3) is 0 Å². The van der Waals surface area contributed by atoms with E-state index in [0.29, 0.717) is 28.4 Å². The minimum Gasteiger partial charge on any atom is -0.478 e. The average molecular weight is 418 g/mol. The van der Waals surface area contributed by atoms with Crippen molar-refractivity contribution in [1.29, 1.82) is 5.26 Å². The average Bonchev–Trinajstić information content (AvgIpc) is 3.12. The summed E-state index contributed by atoms with van der Waals surface area (Å²) in [5, 5.41) is 23.7. The molecule has 1 unspecified atom stereocenters. The molecule has 0 aliphatic carbocycles. The number of benzene rings is 2. The number of aromatic carboxylic acids is 1. The Balaban J connectivity index is 1.95. The van der Waals surface area contributed by atoms with Gasteiger partial charge in [-0.05, 0) is 47.9 Å². The van der Waals surface area contributed by atoms with Crippen LogP contribution in [0.2, 0.25) is 0 Å². The lowest BCUT2D eigenvalue weighted by atomic mass is 9.82. The van der Waals surface area contributed by atoms with E-state index in [0.717, 1.165) is 0 Å². The molecule has 1 aromatic heterocycles. The highest BCUT2D eigenvalue weighted by atomic mass is 19.1. The van der Waals surface area contributed by atoms with E-state index in [1.54, 1.807) is 28.9 Å². The summed E-state index contributed by atoms with van der Waals surface area (Å²) >= 11 is 0. The molecular weight excluding hydrogens is 399 g/mol. The Morgan fingerprint density at radius 3 is 2.42 bits per heavy atom. The number of halogens is 1. The molecule has 31 heavy (non-hydrogen) atoms. The first kappa shape index (κ1) is 20.2. The first-order valence-electron chi connectivity index (χ1n) is 9.61. The van der Waals surface area contributed by atoms with Gasteiger partial charge in [0.2, 0.25) is 11.8 Å². The molecule has 0 fully saturated rings. The van der Waals surface area contributed by atoms with E-state index in [1.807, 2.05) is 13.8 Å². The highest BCUT2D eigenvalue weighted by molar-refractivity contribution is 5.87. The highest BCUT2D eigenvalue weighted by Crippen LogP contribution is 2.46. The van der Waals surface area contributed by atoms with Gasteiger partial charge in [-0.1, -0.05) is 26.0 Å². The molecule has 3 N–H and O–H groups in total. The van der Waals surface area contributed by atoms with Gasteiger partial charge in [-0.25, -0.2) is 13.9 Å². The number of rotatable bonds is 4. The van der Waals surface area contributed by atoms with Gasteiger partial charge in [-0.15, -0.1) is 0 Å². The van der Waals surface area contributed by atoms with Crippen molar-refractivity contribution in [3.8, 4) is 17.6 Å². The summed E-state index contributed by atoms with van der Waals surface area (Å²) in [6, 6.07) is 14.2. The van der Waals surface area contributed by atoms with E-state index in [9.17, 15) is 14.4 Å². The molecule has 1 atom stereocenters. The summed E-state index contributed by atoms with van der Waals surface area (Å²) in [4.78, 5) is 11.2. The third-order valence-electron chi connectivity index (χ3n) is 5.19. The Morgan fingerprint density at radius 2 is 1.87 bits per heavy atom. The number of hydrogen-bond acceptors (Lipinski definition) is 5. The third kappa shape index (κ3) is 3.40. The topological polar surface area (TPSA) is 114 Å². The number of nitriles is 1. The Bertz CT molecular complexity index is 1240. The van der Waals surface area contributed by atoms with Gasteiger partial charge in [0.15, 0.2) is 0 Å². The molecule has 4 rings (SSSR count). The molecule has 0 saturated heterocycles. The molecule has 0 bridgehead atoms. The summed E-state index contributed by atoms with van der Waals surface area (Å²) in [6.07, 6.45) is 0. The summed E-state index contributed by atoms with van der Waals surface area (Å²) in [6.45, 7) is 3.94. The predicted molar refractivity (Wildman–Crippen MR) is 110 cm³/mol. The molecule has 0 radical (unpaired) electrons. The van der Waals surface area contributed by atoms with Crippen molar-refractivity contribution >= 4 is 5.97 Å². The lowest BCUT2D eigenvalue weighted by Crippen LogP contribution is -2.22. The molecule has 2 aromatic carbocycles. The summed E-state index contributed by atoms with van der Waals surface area (Å²) in [7, 11) is 0. The molecular formula is C23H19FN4O3. The molecule has 0 spiro atoms. The summed E-state index contributed by atoms with van der Waals surface area (Å²) < 4.78 is 20.9. The van der Waals surface area contributed by atoms with Crippen molar-refractivity contribution < 1.29 is 19.0 Å². The van der Waals surface area contributed by atoms with Gasteiger partial charge >= 0.3 is 5.97 Å². The van der Waals surface area contributed by atoms with Crippen LogP contribution in [-0.2, 0) is 0 Å².